The van der Waals surface area contributed by atoms with Crippen molar-refractivity contribution in [1.29, 1.82) is 0 Å². The zero-order chi connectivity index (χ0) is 14.4. The summed E-state index contributed by atoms with van der Waals surface area (Å²) in [5, 5.41) is 0. The van der Waals surface area contributed by atoms with Crippen LogP contribution in [-0.2, 0) is 6.42 Å². The number of hydrogen-bond donors (Lipinski definition) is 0. The van der Waals surface area contributed by atoms with Crippen molar-refractivity contribution in [3.63, 3.8) is 0 Å². The fraction of sp³-hybridized carbons (Fsp3) is 0.143. The van der Waals surface area contributed by atoms with E-state index in [9.17, 15) is 0 Å². The SMILES string of the molecule is Cc1cccc(-c2ccc3c(c2)-c2ccc(C)cc2C3)c1. The number of fused-ring (bicyclic) bond motifs is 3. The molecular weight excluding hydrogens is 252 g/mol. The van der Waals surface area contributed by atoms with Crippen LogP contribution in [0.3, 0.4) is 0 Å². The third-order valence-corrected chi connectivity index (χ3v) is 4.39. The first-order chi connectivity index (χ1) is 10.2. The normalized spacial score (nSPS) is 12.1. The van der Waals surface area contributed by atoms with Crippen LogP contribution in [0.5, 0.6) is 0 Å². The van der Waals surface area contributed by atoms with Gasteiger partial charge in [0.1, 0.15) is 0 Å². The number of aryl methyl sites for hydroxylation is 2. The second kappa shape index (κ2) is 4.60. The van der Waals surface area contributed by atoms with Gasteiger partial charge in [0.2, 0.25) is 0 Å². The van der Waals surface area contributed by atoms with E-state index in [0.29, 0.717) is 0 Å². The van der Waals surface area contributed by atoms with Crippen molar-refractivity contribution >= 4 is 0 Å². The summed E-state index contributed by atoms with van der Waals surface area (Å²) in [7, 11) is 0. The average Bonchev–Trinajstić information content (AvgIpc) is 2.83. The van der Waals surface area contributed by atoms with E-state index in [1.165, 1.54) is 44.5 Å². The van der Waals surface area contributed by atoms with Gasteiger partial charge in [-0.3, -0.25) is 0 Å². The van der Waals surface area contributed by atoms with Gasteiger partial charge in [0, 0.05) is 0 Å². The van der Waals surface area contributed by atoms with E-state index >= 15 is 0 Å². The number of rotatable bonds is 1. The Hall–Kier alpha value is -2.34. The Morgan fingerprint density at radius 1 is 0.619 bits per heavy atom. The van der Waals surface area contributed by atoms with E-state index in [4.69, 9.17) is 0 Å². The van der Waals surface area contributed by atoms with Crippen molar-refractivity contribution < 1.29 is 0 Å². The summed E-state index contributed by atoms with van der Waals surface area (Å²) in [5.74, 6) is 0. The van der Waals surface area contributed by atoms with Crippen LogP contribution in [0.4, 0.5) is 0 Å². The first-order valence-electron chi connectivity index (χ1n) is 7.50. The van der Waals surface area contributed by atoms with E-state index in [1.54, 1.807) is 0 Å². The molecule has 0 heteroatoms. The van der Waals surface area contributed by atoms with Gasteiger partial charge in [-0.2, -0.15) is 0 Å². The van der Waals surface area contributed by atoms with Gasteiger partial charge in [-0.25, -0.2) is 0 Å². The molecule has 0 spiro atoms. The van der Waals surface area contributed by atoms with Crippen LogP contribution in [0, 0.1) is 13.8 Å². The highest BCUT2D eigenvalue weighted by molar-refractivity contribution is 5.81. The third kappa shape index (κ3) is 2.08. The molecule has 0 N–H and O–H groups in total. The molecule has 3 aromatic carbocycles. The smallest absolute Gasteiger partial charge is 0.00133 e. The third-order valence-electron chi connectivity index (χ3n) is 4.39. The molecule has 0 bridgehead atoms. The molecule has 0 amide bonds. The van der Waals surface area contributed by atoms with Crippen LogP contribution in [0.2, 0.25) is 0 Å². The van der Waals surface area contributed by atoms with Gasteiger partial charge in [-0.05, 0) is 59.7 Å². The molecule has 0 saturated heterocycles. The Morgan fingerprint density at radius 3 is 2.29 bits per heavy atom. The van der Waals surface area contributed by atoms with Gasteiger partial charge in [-0.1, -0.05) is 65.7 Å². The molecule has 1 aliphatic rings. The summed E-state index contributed by atoms with van der Waals surface area (Å²) in [6.07, 6.45) is 1.07. The molecule has 0 aliphatic heterocycles. The zero-order valence-electron chi connectivity index (χ0n) is 12.5. The van der Waals surface area contributed by atoms with E-state index in [1.807, 2.05) is 0 Å². The Bertz CT molecular complexity index is 840. The Balaban J connectivity index is 1.86. The zero-order valence-corrected chi connectivity index (χ0v) is 12.5. The molecule has 0 nitrogen and oxygen atoms in total. The molecule has 21 heavy (non-hydrogen) atoms. The minimum absolute atomic E-state index is 1.07. The highest BCUT2D eigenvalue weighted by atomic mass is 14.2. The van der Waals surface area contributed by atoms with Gasteiger partial charge in [-0.15, -0.1) is 0 Å². The van der Waals surface area contributed by atoms with Crippen LogP contribution in [-0.4, -0.2) is 0 Å². The summed E-state index contributed by atoms with van der Waals surface area (Å²) in [6, 6.07) is 22.4. The van der Waals surface area contributed by atoms with Gasteiger partial charge in [0.05, 0.1) is 0 Å². The average molecular weight is 270 g/mol. The van der Waals surface area contributed by atoms with Crippen molar-refractivity contribution in [2.24, 2.45) is 0 Å². The molecule has 1 aliphatic carbocycles. The van der Waals surface area contributed by atoms with Crippen LogP contribution >= 0.6 is 0 Å². The maximum absolute atomic E-state index is 2.35. The minimum Gasteiger partial charge on any atom is -0.0614 e. The van der Waals surface area contributed by atoms with Crippen LogP contribution in [0.1, 0.15) is 22.3 Å². The first-order valence-corrected chi connectivity index (χ1v) is 7.50. The second-order valence-corrected chi connectivity index (χ2v) is 6.08. The summed E-state index contributed by atoms with van der Waals surface area (Å²) in [6.45, 7) is 4.32. The van der Waals surface area contributed by atoms with E-state index in [0.717, 1.165) is 6.42 Å². The lowest BCUT2D eigenvalue weighted by atomic mass is 9.97. The lowest BCUT2D eigenvalue weighted by molar-refractivity contribution is 1.25. The molecule has 0 fully saturated rings. The van der Waals surface area contributed by atoms with Gasteiger partial charge in [0.15, 0.2) is 0 Å². The standard InChI is InChI=1S/C21H18/c1-14-4-3-5-16(10-14)17-7-8-18-12-19-11-15(2)6-9-20(19)21(18)13-17/h3-11,13H,12H2,1-2H3. The van der Waals surface area contributed by atoms with Crippen molar-refractivity contribution in [2.45, 2.75) is 20.3 Å². The quantitative estimate of drug-likeness (QED) is 0.426. The van der Waals surface area contributed by atoms with Gasteiger partial charge >= 0.3 is 0 Å². The highest BCUT2D eigenvalue weighted by Crippen LogP contribution is 2.39. The van der Waals surface area contributed by atoms with Crippen LogP contribution < -0.4 is 0 Å². The van der Waals surface area contributed by atoms with Crippen molar-refractivity contribution in [3.05, 3.63) is 82.9 Å². The molecule has 0 heterocycles. The summed E-state index contributed by atoms with van der Waals surface area (Å²) in [5.41, 5.74) is 11.0. The summed E-state index contributed by atoms with van der Waals surface area (Å²) >= 11 is 0. The lowest BCUT2D eigenvalue weighted by Gasteiger charge is -2.07. The fourth-order valence-corrected chi connectivity index (χ4v) is 3.32. The fourth-order valence-electron chi connectivity index (χ4n) is 3.32. The first kappa shape index (κ1) is 12.4. The lowest BCUT2D eigenvalue weighted by Crippen LogP contribution is -1.83. The largest absolute Gasteiger partial charge is 0.0614 e. The molecule has 0 unspecified atom stereocenters. The van der Waals surface area contributed by atoms with Crippen molar-refractivity contribution in [2.75, 3.05) is 0 Å². The van der Waals surface area contributed by atoms with Crippen molar-refractivity contribution in [3.8, 4) is 22.3 Å². The van der Waals surface area contributed by atoms with E-state index < -0.39 is 0 Å². The number of hydrogen-bond acceptors (Lipinski definition) is 0. The van der Waals surface area contributed by atoms with Crippen molar-refractivity contribution in [1.82, 2.24) is 0 Å². The number of benzene rings is 3. The molecular formula is C21H18. The Labute approximate surface area is 126 Å². The topological polar surface area (TPSA) is 0 Å². The second-order valence-electron chi connectivity index (χ2n) is 6.08. The monoisotopic (exact) mass is 270 g/mol. The molecule has 0 atom stereocenters. The van der Waals surface area contributed by atoms with E-state index in [2.05, 4.69) is 74.5 Å². The predicted molar refractivity (Wildman–Crippen MR) is 89.6 cm³/mol. The molecule has 0 saturated carbocycles. The van der Waals surface area contributed by atoms with Crippen LogP contribution in [0.25, 0.3) is 22.3 Å². The molecule has 0 aromatic heterocycles. The van der Waals surface area contributed by atoms with E-state index in [-0.39, 0.29) is 0 Å². The molecule has 3 aromatic rings. The molecule has 102 valence electrons. The van der Waals surface area contributed by atoms with Gasteiger partial charge in [0.25, 0.3) is 0 Å². The highest BCUT2D eigenvalue weighted by Gasteiger charge is 2.18. The maximum Gasteiger partial charge on any atom is -0.00133 e. The molecule has 0 radical (unpaired) electrons. The Morgan fingerprint density at radius 2 is 1.43 bits per heavy atom. The summed E-state index contributed by atoms with van der Waals surface area (Å²) in [4.78, 5) is 0. The predicted octanol–water partition coefficient (Wildman–Crippen LogP) is 5.54. The molecule has 4 rings (SSSR count). The Kier molecular flexibility index (Phi) is 2.71. The summed E-state index contributed by atoms with van der Waals surface area (Å²) < 4.78 is 0. The minimum atomic E-state index is 1.07. The maximum atomic E-state index is 2.35. The van der Waals surface area contributed by atoms with Gasteiger partial charge < -0.3 is 0 Å². The van der Waals surface area contributed by atoms with Crippen LogP contribution in [0.15, 0.2) is 60.7 Å².